The van der Waals surface area contributed by atoms with Crippen molar-refractivity contribution in [2.45, 2.75) is 51.7 Å². The highest BCUT2D eigenvalue weighted by atomic mass is 15.6. The number of aryl methyl sites for hydroxylation is 1. The van der Waals surface area contributed by atoms with E-state index in [2.05, 4.69) is 39.7 Å². The van der Waals surface area contributed by atoms with Gasteiger partial charge >= 0.3 is 0 Å². The summed E-state index contributed by atoms with van der Waals surface area (Å²) in [5.74, 6) is 0.743. The highest BCUT2D eigenvalue weighted by Crippen LogP contribution is 2.20. The average molecular weight is 224 g/mol. The molecule has 0 aromatic carbocycles. The van der Waals surface area contributed by atoms with Crippen molar-refractivity contribution in [2.75, 3.05) is 0 Å². The van der Waals surface area contributed by atoms with E-state index in [1.54, 1.807) is 7.05 Å². The van der Waals surface area contributed by atoms with E-state index >= 15 is 0 Å². The van der Waals surface area contributed by atoms with Gasteiger partial charge in [0.05, 0.1) is 13.6 Å². The molecule has 1 fully saturated rings. The first-order chi connectivity index (χ1) is 7.66. The maximum absolute atomic E-state index is 4.15. The van der Waals surface area contributed by atoms with Crippen molar-refractivity contribution >= 4 is 0 Å². The number of hydrogen-bond acceptors (Lipinski definition) is 5. The van der Waals surface area contributed by atoms with Crippen LogP contribution in [0.4, 0.5) is 0 Å². The molecule has 1 aliphatic heterocycles. The Morgan fingerprint density at radius 1 is 1.31 bits per heavy atom. The van der Waals surface area contributed by atoms with Crippen LogP contribution in [0.1, 0.15) is 38.9 Å². The van der Waals surface area contributed by atoms with Crippen LogP contribution < -0.4 is 5.43 Å². The first-order valence-electron chi connectivity index (χ1n) is 5.91. The van der Waals surface area contributed by atoms with Crippen LogP contribution in [0.3, 0.4) is 0 Å². The Hall–Kier alpha value is -1.01. The van der Waals surface area contributed by atoms with Gasteiger partial charge in [-0.25, -0.2) is 10.4 Å². The van der Waals surface area contributed by atoms with E-state index in [1.807, 2.05) is 0 Å². The van der Waals surface area contributed by atoms with Gasteiger partial charge in [0.2, 0.25) is 0 Å². The minimum Gasteiger partial charge on any atom is -0.247 e. The summed E-state index contributed by atoms with van der Waals surface area (Å²) < 4.78 is 0. The number of nitrogens with one attached hydrogen (secondary N) is 1. The third-order valence-corrected chi connectivity index (χ3v) is 3.16. The minimum atomic E-state index is 0.584. The lowest BCUT2D eigenvalue weighted by Gasteiger charge is -2.38. The van der Waals surface area contributed by atoms with Gasteiger partial charge in [-0.15, -0.1) is 10.2 Å². The standard InChI is InChI=1S/C10H20N6/c1-8-5-4-6-9(2)16(8)11-7-10-12-14-15(3)13-10/h8-9,11H,4-7H2,1-3H3. The zero-order valence-corrected chi connectivity index (χ0v) is 10.2. The smallest absolute Gasteiger partial charge is 0.189 e. The van der Waals surface area contributed by atoms with Crippen LogP contribution in [0.2, 0.25) is 0 Å². The normalized spacial score (nSPS) is 27.2. The largest absolute Gasteiger partial charge is 0.247 e. The zero-order chi connectivity index (χ0) is 11.5. The van der Waals surface area contributed by atoms with Gasteiger partial charge in [0.1, 0.15) is 0 Å². The number of nitrogens with zero attached hydrogens (tertiary/aromatic N) is 5. The Bertz CT molecular complexity index is 326. The Balaban J connectivity index is 1.88. The van der Waals surface area contributed by atoms with Gasteiger partial charge in [-0.2, -0.15) is 4.80 Å². The summed E-state index contributed by atoms with van der Waals surface area (Å²) in [6.45, 7) is 5.17. The molecule has 0 bridgehead atoms. The molecule has 0 spiro atoms. The number of hydrazine groups is 1. The predicted octanol–water partition coefficient (Wildman–Crippen LogP) is 0.478. The molecule has 0 saturated carbocycles. The van der Waals surface area contributed by atoms with Crippen molar-refractivity contribution in [2.24, 2.45) is 7.05 Å². The van der Waals surface area contributed by atoms with Crippen molar-refractivity contribution in [1.82, 2.24) is 30.6 Å². The Kier molecular flexibility index (Phi) is 3.50. The Morgan fingerprint density at radius 3 is 2.56 bits per heavy atom. The second-order valence-corrected chi connectivity index (χ2v) is 4.57. The molecule has 2 unspecified atom stereocenters. The molecule has 1 aliphatic rings. The Morgan fingerprint density at radius 2 is 2.00 bits per heavy atom. The molecule has 2 heterocycles. The van der Waals surface area contributed by atoms with Gasteiger partial charge in [-0.05, 0) is 31.9 Å². The number of rotatable bonds is 3. The Labute approximate surface area is 96.0 Å². The summed E-state index contributed by atoms with van der Waals surface area (Å²) in [6.07, 6.45) is 3.83. The molecule has 0 aliphatic carbocycles. The molecular weight excluding hydrogens is 204 g/mol. The van der Waals surface area contributed by atoms with E-state index < -0.39 is 0 Å². The summed E-state index contributed by atoms with van der Waals surface area (Å²) in [5.41, 5.74) is 3.41. The van der Waals surface area contributed by atoms with Crippen LogP contribution in [0.15, 0.2) is 0 Å². The molecule has 6 nitrogen and oxygen atoms in total. The van der Waals surface area contributed by atoms with Crippen molar-refractivity contribution < 1.29 is 0 Å². The van der Waals surface area contributed by atoms with Crippen LogP contribution in [0.25, 0.3) is 0 Å². The molecule has 1 aromatic rings. The van der Waals surface area contributed by atoms with Gasteiger partial charge in [0.25, 0.3) is 0 Å². The fourth-order valence-corrected chi connectivity index (χ4v) is 2.29. The van der Waals surface area contributed by atoms with Crippen LogP contribution in [-0.4, -0.2) is 37.3 Å². The first-order valence-corrected chi connectivity index (χ1v) is 5.91. The lowest BCUT2D eigenvalue weighted by molar-refractivity contribution is 0.0426. The van der Waals surface area contributed by atoms with E-state index in [4.69, 9.17) is 0 Å². The summed E-state index contributed by atoms with van der Waals surface area (Å²) in [6, 6.07) is 1.17. The molecule has 2 atom stereocenters. The van der Waals surface area contributed by atoms with Crippen LogP contribution in [-0.2, 0) is 13.6 Å². The van der Waals surface area contributed by atoms with Crippen LogP contribution >= 0.6 is 0 Å². The number of aromatic nitrogens is 4. The molecule has 1 N–H and O–H groups in total. The van der Waals surface area contributed by atoms with Crippen molar-refractivity contribution in [3.63, 3.8) is 0 Å². The van der Waals surface area contributed by atoms with Crippen molar-refractivity contribution in [3.05, 3.63) is 5.82 Å². The maximum Gasteiger partial charge on any atom is 0.189 e. The molecule has 1 aromatic heterocycles. The summed E-state index contributed by atoms with van der Waals surface area (Å²) >= 11 is 0. The summed E-state index contributed by atoms with van der Waals surface area (Å²) in [4.78, 5) is 1.49. The molecule has 16 heavy (non-hydrogen) atoms. The van der Waals surface area contributed by atoms with Gasteiger partial charge in [0, 0.05) is 12.1 Å². The number of hydrogen-bond donors (Lipinski definition) is 1. The molecule has 90 valence electrons. The van der Waals surface area contributed by atoms with Crippen LogP contribution in [0.5, 0.6) is 0 Å². The highest BCUT2D eigenvalue weighted by molar-refractivity contribution is 4.80. The number of tetrazole rings is 1. The molecule has 0 radical (unpaired) electrons. The zero-order valence-electron chi connectivity index (χ0n) is 10.2. The molecule has 2 rings (SSSR count). The molecule has 1 saturated heterocycles. The quantitative estimate of drug-likeness (QED) is 0.809. The summed E-state index contributed by atoms with van der Waals surface area (Å²) in [7, 11) is 1.78. The van der Waals surface area contributed by atoms with E-state index in [1.165, 1.54) is 24.1 Å². The lowest BCUT2D eigenvalue weighted by Crippen LogP contribution is -2.51. The molecule has 0 amide bonds. The van der Waals surface area contributed by atoms with Gasteiger partial charge in [-0.1, -0.05) is 6.42 Å². The first kappa shape index (κ1) is 11.5. The van der Waals surface area contributed by atoms with Gasteiger partial charge in [-0.3, -0.25) is 0 Å². The highest BCUT2D eigenvalue weighted by Gasteiger charge is 2.24. The predicted molar refractivity (Wildman–Crippen MR) is 60.3 cm³/mol. The summed E-state index contributed by atoms with van der Waals surface area (Å²) in [5, 5.41) is 14.2. The lowest BCUT2D eigenvalue weighted by atomic mass is 10.00. The number of piperidine rings is 1. The third-order valence-electron chi connectivity index (χ3n) is 3.16. The topological polar surface area (TPSA) is 58.9 Å². The third kappa shape index (κ3) is 2.56. The van der Waals surface area contributed by atoms with Crippen molar-refractivity contribution in [3.8, 4) is 0 Å². The van der Waals surface area contributed by atoms with E-state index in [0.29, 0.717) is 18.6 Å². The second-order valence-electron chi connectivity index (χ2n) is 4.57. The SMILES string of the molecule is CC1CCCC(C)N1NCc1nnn(C)n1. The average Bonchev–Trinajstić information content (AvgIpc) is 2.63. The fourth-order valence-electron chi connectivity index (χ4n) is 2.29. The minimum absolute atomic E-state index is 0.584. The second kappa shape index (κ2) is 4.88. The van der Waals surface area contributed by atoms with E-state index in [0.717, 1.165) is 5.82 Å². The molecule has 6 heteroatoms. The van der Waals surface area contributed by atoms with Gasteiger partial charge in [0.15, 0.2) is 5.82 Å². The van der Waals surface area contributed by atoms with E-state index in [-0.39, 0.29) is 0 Å². The van der Waals surface area contributed by atoms with E-state index in [9.17, 15) is 0 Å². The van der Waals surface area contributed by atoms with Gasteiger partial charge < -0.3 is 0 Å². The monoisotopic (exact) mass is 224 g/mol. The van der Waals surface area contributed by atoms with Crippen LogP contribution in [0, 0.1) is 0 Å². The molecular formula is C10H20N6. The maximum atomic E-state index is 4.15. The van der Waals surface area contributed by atoms with Crippen molar-refractivity contribution in [1.29, 1.82) is 0 Å². The fraction of sp³-hybridized carbons (Fsp3) is 0.900.